The molecule has 0 aliphatic heterocycles. The van der Waals surface area contributed by atoms with Crippen molar-refractivity contribution in [3.8, 4) is 0 Å². The van der Waals surface area contributed by atoms with E-state index < -0.39 is 11.9 Å². The lowest BCUT2D eigenvalue weighted by atomic mass is 10.0. The highest BCUT2D eigenvalue weighted by Gasteiger charge is 2.14. The van der Waals surface area contributed by atoms with Gasteiger partial charge in [0.1, 0.15) is 5.82 Å². The first-order valence-corrected chi connectivity index (χ1v) is 6.85. The molecular formula is C14H14ClFOS. The maximum absolute atomic E-state index is 13.0. The van der Waals surface area contributed by atoms with Crippen molar-refractivity contribution in [2.45, 2.75) is 26.4 Å². The minimum Gasteiger partial charge on any atom is -0.388 e. The fourth-order valence-electron chi connectivity index (χ4n) is 1.98. The van der Waals surface area contributed by atoms with Crippen LogP contribution in [0.3, 0.4) is 0 Å². The molecule has 0 bridgehead atoms. The number of hydrogen-bond acceptors (Lipinski definition) is 2. The average molecular weight is 285 g/mol. The minimum atomic E-state index is -0.573. The van der Waals surface area contributed by atoms with Gasteiger partial charge >= 0.3 is 0 Å². The molecule has 0 fully saturated rings. The van der Waals surface area contributed by atoms with Gasteiger partial charge in [0, 0.05) is 16.2 Å². The van der Waals surface area contributed by atoms with Gasteiger partial charge in [0.25, 0.3) is 0 Å². The van der Waals surface area contributed by atoms with Gasteiger partial charge in [-0.2, -0.15) is 0 Å². The summed E-state index contributed by atoms with van der Waals surface area (Å²) < 4.78 is 13.0. The van der Waals surface area contributed by atoms with Crippen molar-refractivity contribution in [2.75, 3.05) is 0 Å². The molecule has 96 valence electrons. The Morgan fingerprint density at radius 2 is 2.06 bits per heavy atom. The molecule has 1 aromatic heterocycles. The van der Waals surface area contributed by atoms with Crippen molar-refractivity contribution in [3.63, 3.8) is 0 Å². The standard InChI is InChI=1S/C14H14ClFOS/c1-8-5-11(9(2)18-8)14(17)7-10-3-4-13(16)12(15)6-10/h3-6,14,17H,7H2,1-2H3. The molecule has 1 heterocycles. The number of rotatable bonds is 3. The van der Waals surface area contributed by atoms with Crippen molar-refractivity contribution >= 4 is 22.9 Å². The Bertz CT molecular complexity index is 565. The number of benzene rings is 1. The van der Waals surface area contributed by atoms with Crippen LogP contribution in [0.15, 0.2) is 24.3 Å². The summed E-state index contributed by atoms with van der Waals surface area (Å²) in [6, 6.07) is 6.54. The molecule has 0 amide bonds. The van der Waals surface area contributed by atoms with E-state index in [9.17, 15) is 9.50 Å². The van der Waals surface area contributed by atoms with E-state index in [2.05, 4.69) is 0 Å². The second-order valence-electron chi connectivity index (χ2n) is 4.34. The largest absolute Gasteiger partial charge is 0.388 e. The van der Waals surface area contributed by atoms with E-state index >= 15 is 0 Å². The minimum absolute atomic E-state index is 0.0953. The molecule has 0 spiro atoms. The van der Waals surface area contributed by atoms with Crippen LogP contribution in [0.5, 0.6) is 0 Å². The van der Waals surface area contributed by atoms with E-state index in [1.165, 1.54) is 10.9 Å². The monoisotopic (exact) mass is 284 g/mol. The van der Waals surface area contributed by atoms with Gasteiger partial charge in [-0.05, 0) is 43.2 Å². The second-order valence-corrected chi connectivity index (χ2v) is 6.20. The van der Waals surface area contributed by atoms with E-state index in [1.54, 1.807) is 23.5 Å². The van der Waals surface area contributed by atoms with Gasteiger partial charge < -0.3 is 5.11 Å². The number of hydrogen-bond donors (Lipinski definition) is 1. The number of halogens is 2. The first-order chi connectivity index (χ1) is 8.47. The number of aliphatic hydroxyl groups is 1. The van der Waals surface area contributed by atoms with Crippen LogP contribution in [0.2, 0.25) is 5.02 Å². The quantitative estimate of drug-likeness (QED) is 0.884. The lowest BCUT2D eigenvalue weighted by molar-refractivity contribution is 0.178. The summed E-state index contributed by atoms with van der Waals surface area (Å²) in [5.41, 5.74) is 1.77. The highest BCUT2D eigenvalue weighted by atomic mass is 35.5. The smallest absolute Gasteiger partial charge is 0.141 e. The van der Waals surface area contributed by atoms with E-state index in [0.29, 0.717) is 6.42 Å². The SMILES string of the molecule is Cc1cc(C(O)Cc2ccc(F)c(Cl)c2)c(C)s1. The lowest BCUT2D eigenvalue weighted by Crippen LogP contribution is -2.02. The molecule has 0 saturated carbocycles. The van der Waals surface area contributed by atoms with Crippen LogP contribution in [0, 0.1) is 19.7 Å². The van der Waals surface area contributed by atoms with Gasteiger partial charge in [0.15, 0.2) is 0 Å². The molecule has 0 saturated heterocycles. The van der Waals surface area contributed by atoms with E-state index in [0.717, 1.165) is 16.0 Å². The first-order valence-electron chi connectivity index (χ1n) is 5.66. The fourth-order valence-corrected chi connectivity index (χ4v) is 3.17. The molecule has 1 atom stereocenters. The molecule has 4 heteroatoms. The first kappa shape index (κ1) is 13.5. The van der Waals surface area contributed by atoms with Gasteiger partial charge in [-0.15, -0.1) is 11.3 Å². The highest BCUT2D eigenvalue weighted by molar-refractivity contribution is 7.12. The Hall–Kier alpha value is -0.900. The Morgan fingerprint density at radius 3 is 2.61 bits per heavy atom. The molecule has 2 aromatic rings. The van der Waals surface area contributed by atoms with Crippen molar-refractivity contribution in [1.29, 1.82) is 0 Å². The van der Waals surface area contributed by atoms with Gasteiger partial charge in [0.05, 0.1) is 11.1 Å². The molecule has 1 nitrogen and oxygen atoms in total. The number of aryl methyl sites for hydroxylation is 2. The van der Waals surface area contributed by atoms with Crippen molar-refractivity contribution in [1.82, 2.24) is 0 Å². The summed E-state index contributed by atoms with van der Waals surface area (Å²) in [6.45, 7) is 4.01. The lowest BCUT2D eigenvalue weighted by Gasteiger charge is -2.11. The molecule has 1 aromatic carbocycles. The molecule has 1 N–H and O–H groups in total. The maximum Gasteiger partial charge on any atom is 0.141 e. The van der Waals surface area contributed by atoms with Gasteiger partial charge in [-0.1, -0.05) is 17.7 Å². The van der Waals surface area contributed by atoms with Gasteiger partial charge in [-0.25, -0.2) is 4.39 Å². The maximum atomic E-state index is 13.0. The number of thiophene rings is 1. The fraction of sp³-hybridized carbons (Fsp3) is 0.286. The summed E-state index contributed by atoms with van der Waals surface area (Å²) in [7, 11) is 0. The summed E-state index contributed by atoms with van der Waals surface area (Å²) in [5, 5.41) is 10.3. The molecule has 1 unspecified atom stereocenters. The van der Waals surface area contributed by atoms with E-state index in [4.69, 9.17) is 11.6 Å². The third kappa shape index (κ3) is 2.91. The predicted molar refractivity (Wildman–Crippen MR) is 73.9 cm³/mol. The third-order valence-corrected chi connectivity index (χ3v) is 4.12. The van der Waals surface area contributed by atoms with Crippen LogP contribution in [-0.2, 0) is 6.42 Å². The predicted octanol–water partition coefficient (Wildman–Crippen LogP) is 4.43. The average Bonchev–Trinajstić information content (AvgIpc) is 2.63. The molecule has 0 aliphatic rings. The molecule has 0 radical (unpaired) electrons. The summed E-state index contributed by atoms with van der Waals surface area (Å²) in [6.07, 6.45) is -0.131. The zero-order valence-electron chi connectivity index (χ0n) is 10.2. The highest BCUT2D eigenvalue weighted by Crippen LogP contribution is 2.29. The normalized spacial score (nSPS) is 12.7. The Kier molecular flexibility index (Phi) is 4.05. The molecular weight excluding hydrogens is 271 g/mol. The molecule has 18 heavy (non-hydrogen) atoms. The van der Waals surface area contributed by atoms with Gasteiger partial charge in [0.2, 0.25) is 0 Å². The Morgan fingerprint density at radius 1 is 1.33 bits per heavy atom. The Balaban J connectivity index is 2.18. The molecule has 0 aliphatic carbocycles. The molecule has 2 rings (SSSR count). The van der Waals surface area contributed by atoms with Crippen LogP contribution in [0.4, 0.5) is 4.39 Å². The number of aliphatic hydroxyl groups excluding tert-OH is 1. The summed E-state index contributed by atoms with van der Waals surface area (Å²) in [5.74, 6) is -0.433. The van der Waals surface area contributed by atoms with E-state index in [-0.39, 0.29) is 5.02 Å². The van der Waals surface area contributed by atoms with Crippen LogP contribution < -0.4 is 0 Å². The van der Waals surface area contributed by atoms with Crippen molar-refractivity contribution in [3.05, 3.63) is 56.0 Å². The summed E-state index contributed by atoms with van der Waals surface area (Å²) in [4.78, 5) is 2.30. The zero-order valence-corrected chi connectivity index (χ0v) is 11.8. The Labute approximate surface area is 115 Å². The van der Waals surface area contributed by atoms with Crippen LogP contribution in [0.25, 0.3) is 0 Å². The van der Waals surface area contributed by atoms with Crippen LogP contribution in [-0.4, -0.2) is 5.11 Å². The van der Waals surface area contributed by atoms with Crippen molar-refractivity contribution in [2.24, 2.45) is 0 Å². The second kappa shape index (κ2) is 5.39. The summed E-state index contributed by atoms with van der Waals surface area (Å²) >= 11 is 7.39. The zero-order chi connectivity index (χ0) is 13.3. The third-order valence-electron chi connectivity index (χ3n) is 2.85. The topological polar surface area (TPSA) is 20.2 Å². The van der Waals surface area contributed by atoms with Crippen LogP contribution in [0.1, 0.15) is 27.0 Å². The van der Waals surface area contributed by atoms with Crippen LogP contribution >= 0.6 is 22.9 Å². The van der Waals surface area contributed by atoms with E-state index in [1.807, 2.05) is 19.9 Å². The van der Waals surface area contributed by atoms with Gasteiger partial charge in [-0.3, -0.25) is 0 Å². The van der Waals surface area contributed by atoms with Crippen molar-refractivity contribution < 1.29 is 9.50 Å².